The summed E-state index contributed by atoms with van der Waals surface area (Å²) in [5.41, 5.74) is 5.30. The lowest BCUT2D eigenvalue weighted by molar-refractivity contribution is -0.115. The molecule has 3 aromatic rings. The van der Waals surface area contributed by atoms with E-state index in [1.165, 1.54) is 0 Å². The molecular weight excluding hydrogens is 416 g/mol. The number of rotatable bonds is 4. The number of anilines is 2. The minimum atomic E-state index is -0.226. The van der Waals surface area contributed by atoms with Gasteiger partial charge in [-0.3, -0.25) is 14.5 Å². The first kappa shape index (κ1) is 20.5. The van der Waals surface area contributed by atoms with Crippen molar-refractivity contribution in [1.29, 1.82) is 0 Å². The monoisotopic (exact) mass is 436 g/mol. The molecule has 0 radical (unpaired) electrons. The van der Waals surface area contributed by atoms with Gasteiger partial charge in [0.05, 0.1) is 5.75 Å². The van der Waals surface area contributed by atoms with Crippen molar-refractivity contribution in [2.75, 3.05) is 16.0 Å². The Kier molecular flexibility index (Phi) is 5.84. The SMILES string of the molecule is Cc1ccc(N2C(=O)CSC2c2cccc(NC(=O)c3cccc(Cl)c3)c2)c(C)c1. The molecule has 152 valence electrons. The molecule has 1 N–H and O–H groups in total. The molecule has 1 unspecified atom stereocenters. The Bertz CT molecular complexity index is 1130. The number of halogens is 1. The first-order chi connectivity index (χ1) is 14.4. The summed E-state index contributed by atoms with van der Waals surface area (Å²) in [5, 5.41) is 3.30. The van der Waals surface area contributed by atoms with Crippen LogP contribution in [0, 0.1) is 13.8 Å². The zero-order valence-corrected chi connectivity index (χ0v) is 18.3. The molecular formula is C24H21ClN2O2S. The predicted octanol–water partition coefficient (Wildman–Crippen LogP) is 5.99. The van der Waals surface area contributed by atoms with Crippen LogP contribution in [-0.2, 0) is 4.79 Å². The van der Waals surface area contributed by atoms with Crippen LogP contribution >= 0.6 is 23.4 Å². The quantitative estimate of drug-likeness (QED) is 0.546. The molecule has 1 atom stereocenters. The van der Waals surface area contributed by atoms with Crippen molar-refractivity contribution < 1.29 is 9.59 Å². The number of hydrogen-bond donors (Lipinski definition) is 1. The Morgan fingerprint density at radius 2 is 1.87 bits per heavy atom. The average molecular weight is 437 g/mol. The zero-order chi connectivity index (χ0) is 21.3. The normalized spacial score (nSPS) is 16.0. The summed E-state index contributed by atoms with van der Waals surface area (Å²) in [4.78, 5) is 27.1. The van der Waals surface area contributed by atoms with Crippen molar-refractivity contribution in [3.63, 3.8) is 0 Å². The van der Waals surface area contributed by atoms with Gasteiger partial charge in [0.25, 0.3) is 5.91 Å². The molecule has 0 spiro atoms. The molecule has 6 heteroatoms. The topological polar surface area (TPSA) is 49.4 Å². The standard InChI is InChI=1S/C24H21ClN2O2S/c1-15-9-10-21(16(2)11-15)27-22(28)14-30-24(27)18-6-4-8-20(13-18)26-23(29)17-5-3-7-19(25)12-17/h3-13,24H,14H2,1-2H3,(H,26,29). The van der Waals surface area contributed by atoms with Crippen molar-refractivity contribution in [2.24, 2.45) is 0 Å². The molecule has 0 aromatic heterocycles. The average Bonchev–Trinajstić information content (AvgIpc) is 3.09. The van der Waals surface area contributed by atoms with Gasteiger partial charge >= 0.3 is 0 Å². The summed E-state index contributed by atoms with van der Waals surface area (Å²) < 4.78 is 0. The maximum absolute atomic E-state index is 12.7. The van der Waals surface area contributed by atoms with Crippen LogP contribution in [0.25, 0.3) is 0 Å². The number of thioether (sulfide) groups is 1. The number of benzene rings is 3. The Labute approximate surface area is 185 Å². The molecule has 1 aliphatic rings. The maximum atomic E-state index is 12.7. The second-order valence-corrected chi connectivity index (χ2v) is 8.81. The molecule has 1 saturated heterocycles. The molecule has 1 heterocycles. The first-order valence-corrected chi connectivity index (χ1v) is 11.0. The minimum absolute atomic E-state index is 0.0883. The third-order valence-corrected chi connectivity index (χ3v) is 6.44. The van der Waals surface area contributed by atoms with Gasteiger partial charge in [0.2, 0.25) is 5.91 Å². The van der Waals surface area contributed by atoms with Crippen LogP contribution in [0.5, 0.6) is 0 Å². The van der Waals surface area contributed by atoms with Crippen LogP contribution in [0.4, 0.5) is 11.4 Å². The summed E-state index contributed by atoms with van der Waals surface area (Å²) >= 11 is 7.59. The largest absolute Gasteiger partial charge is 0.322 e. The number of amides is 2. The van der Waals surface area contributed by atoms with E-state index in [9.17, 15) is 9.59 Å². The number of hydrogen-bond acceptors (Lipinski definition) is 3. The summed E-state index contributed by atoms with van der Waals surface area (Å²) in [6.45, 7) is 4.07. The van der Waals surface area contributed by atoms with Gasteiger partial charge in [0.1, 0.15) is 5.37 Å². The lowest BCUT2D eigenvalue weighted by Crippen LogP contribution is -2.28. The highest BCUT2D eigenvalue weighted by atomic mass is 35.5. The van der Waals surface area contributed by atoms with Crippen LogP contribution in [0.3, 0.4) is 0 Å². The fourth-order valence-corrected chi connectivity index (χ4v) is 4.96. The van der Waals surface area contributed by atoms with Crippen LogP contribution in [0.1, 0.15) is 32.4 Å². The van der Waals surface area contributed by atoms with Crippen molar-refractivity contribution in [3.8, 4) is 0 Å². The van der Waals surface area contributed by atoms with Gasteiger partial charge in [0.15, 0.2) is 0 Å². The maximum Gasteiger partial charge on any atom is 0.255 e. The van der Waals surface area contributed by atoms with Gasteiger partial charge < -0.3 is 5.32 Å². The highest BCUT2D eigenvalue weighted by Crippen LogP contribution is 2.43. The van der Waals surface area contributed by atoms with E-state index in [4.69, 9.17) is 11.6 Å². The molecule has 0 saturated carbocycles. The molecule has 30 heavy (non-hydrogen) atoms. The van der Waals surface area contributed by atoms with E-state index in [1.807, 2.05) is 55.1 Å². The van der Waals surface area contributed by atoms with Crippen molar-refractivity contribution in [1.82, 2.24) is 0 Å². The predicted molar refractivity (Wildman–Crippen MR) is 124 cm³/mol. The highest BCUT2D eigenvalue weighted by Gasteiger charge is 2.34. The van der Waals surface area contributed by atoms with E-state index in [-0.39, 0.29) is 17.2 Å². The lowest BCUT2D eigenvalue weighted by atomic mass is 10.1. The van der Waals surface area contributed by atoms with E-state index in [1.54, 1.807) is 36.0 Å². The Hall–Kier alpha value is -2.76. The molecule has 1 fully saturated rings. The number of nitrogens with zero attached hydrogens (tertiary/aromatic N) is 1. The van der Waals surface area contributed by atoms with Gasteiger partial charge in [-0.2, -0.15) is 0 Å². The molecule has 4 rings (SSSR count). The van der Waals surface area contributed by atoms with Crippen LogP contribution < -0.4 is 10.2 Å². The third-order valence-electron chi connectivity index (χ3n) is 5.00. The van der Waals surface area contributed by atoms with E-state index in [2.05, 4.69) is 11.4 Å². The fraction of sp³-hybridized carbons (Fsp3) is 0.167. The molecule has 2 amide bonds. The van der Waals surface area contributed by atoms with Gasteiger partial charge in [0, 0.05) is 22.0 Å². The van der Waals surface area contributed by atoms with E-state index in [0.717, 1.165) is 22.4 Å². The van der Waals surface area contributed by atoms with Crippen LogP contribution in [0.2, 0.25) is 5.02 Å². The van der Waals surface area contributed by atoms with Crippen molar-refractivity contribution >= 4 is 46.6 Å². The number of carbonyl (C=O) groups excluding carboxylic acids is 2. The number of nitrogens with one attached hydrogen (secondary N) is 1. The van der Waals surface area contributed by atoms with Crippen molar-refractivity contribution in [2.45, 2.75) is 19.2 Å². The molecule has 0 aliphatic carbocycles. The zero-order valence-electron chi connectivity index (χ0n) is 16.7. The molecule has 3 aromatic carbocycles. The third kappa shape index (κ3) is 4.23. The van der Waals surface area contributed by atoms with E-state index >= 15 is 0 Å². The van der Waals surface area contributed by atoms with Gasteiger partial charge in [-0.15, -0.1) is 11.8 Å². The Morgan fingerprint density at radius 1 is 1.07 bits per heavy atom. The van der Waals surface area contributed by atoms with E-state index in [0.29, 0.717) is 22.0 Å². The lowest BCUT2D eigenvalue weighted by Gasteiger charge is -2.26. The summed E-state index contributed by atoms with van der Waals surface area (Å²) in [5.74, 6) is 0.290. The van der Waals surface area contributed by atoms with Gasteiger partial charge in [-0.1, -0.05) is 47.5 Å². The molecule has 0 bridgehead atoms. The van der Waals surface area contributed by atoms with Gasteiger partial charge in [-0.05, 0) is 61.4 Å². The van der Waals surface area contributed by atoms with E-state index < -0.39 is 0 Å². The Morgan fingerprint density at radius 3 is 2.63 bits per heavy atom. The van der Waals surface area contributed by atoms with Crippen molar-refractivity contribution in [3.05, 3.63) is 94.0 Å². The summed E-state index contributed by atoms with van der Waals surface area (Å²) in [6.07, 6.45) is 0. The Balaban J connectivity index is 1.61. The first-order valence-electron chi connectivity index (χ1n) is 9.60. The summed E-state index contributed by atoms with van der Waals surface area (Å²) in [7, 11) is 0. The smallest absolute Gasteiger partial charge is 0.255 e. The minimum Gasteiger partial charge on any atom is -0.322 e. The molecule has 4 nitrogen and oxygen atoms in total. The fourth-order valence-electron chi connectivity index (χ4n) is 3.61. The highest BCUT2D eigenvalue weighted by molar-refractivity contribution is 8.00. The van der Waals surface area contributed by atoms with Gasteiger partial charge in [-0.25, -0.2) is 0 Å². The van der Waals surface area contributed by atoms with Crippen LogP contribution in [-0.4, -0.2) is 17.6 Å². The second-order valence-electron chi connectivity index (χ2n) is 7.31. The van der Waals surface area contributed by atoms with Crippen LogP contribution in [0.15, 0.2) is 66.7 Å². The molecule has 1 aliphatic heterocycles. The summed E-state index contributed by atoms with van der Waals surface area (Å²) in [6, 6.07) is 20.6. The number of aryl methyl sites for hydroxylation is 2. The number of carbonyl (C=O) groups is 2. The second kappa shape index (κ2) is 8.54.